The summed E-state index contributed by atoms with van der Waals surface area (Å²) in [6.07, 6.45) is 1.77. The minimum Gasteiger partial charge on any atom is -0.494 e. The third-order valence-electron chi connectivity index (χ3n) is 2.33. The molecule has 1 aromatic rings. The maximum Gasteiger partial charge on any atom is 0.122 e. The van der Waals surface area contributed by atoms with Crippen LogP contribution in [-0.2, 0) is 6.42 Å². The molecule has 0 spiro atoms. The molecule has 1 rings (SSSR count). The monoisotopic (exact) mass is 227 g/mol. The molecule has 0 saturated heterocycles. The number of hydrogen-bond acceptors (Lipinski definition) is 2. The molecule has 1 unspecified atom stereocenters. The number of nitrogens with two attached hydrogens (primary N) is 1. The van der Waals surface area contributed by atoms with Crippen molar-refractivity contribution in [1.82, 2.24) is 0 Å². The topological polar surface area (TPSA) is 35.2 Å². The zero-order chi connectivity index (χ0) is 11.3. The van der Waals surface area contributed by atoms with Gasteiger partial charge in [-0.25, -0.2) is 0 Å². The van der Waals surface area contributed by atoms with Crippen LogP contribution in [0.5, 0.6) is 5.75 Å². The lowest BCUT2D eigenvalue weighted by Crippen LogP contribution is -2.21. The van der Waals surface area contributed by atoms with Gasteiger partial charge in [0.1, 0.15) is 5.75 Å². The summed E-state index contributed by atoms with van der Waals surface area (Å²) in [5, 5.41) is 0.733. The summed E-state index contributed by atoms with van der Waals surface area (Å²) in [5.41, 5.74) is 7.02. The summed E-state index contributed by atoms with van der Waals surface area (Å²) in [5.74, 6) is 0.894. The van der Waals surface area contributed by atoms with E-state index in [1.54, 1.807) is 0 Å². The first-order chi connectivity index (χ1) is 7.17. The third-order valence-corrected chi connectivity index (χ3v) is 2.56. The van der Waals surface area contributed by atoms with Crippen molar-refractivity contribution in [3.8, 4) is 5.75 Å². The fourth-order valence-corrected chi connectivity index (χ4v) is 1.63. The summed E-state index contributed by atoms with van der Waals surface area (Å²) in [4.78, 5) is 0. The maximum absolute atomic E-state index is 5.95. The number of rotatable bonds is 5. The highest BCUT2D eigenvalue weighted by Gasteiger charge is 2.08. The molecule has 2 nitrogen and oxygen atoms in total. The summed E-state index contributed by atoms with van der Waals surface area (Å²) >= 11 is 5.95. The van der Waals surface area contributed by atoms with E-state index in [0.717, 1.165) is 29.2 Å². The molecule has 0 aliphatic heterocycles. The Morgan fingerprint density at radius 3 is 2.73 bits per heavy atom. The largest absolute Gasteiger partial charge is 0.494 e. The molecule has 0 fully saturated rings. The predicted molar refractivity (Wildman–Crippen MR) is 64.6 cm³/mol. The lowest BCUT2D eigenvalue weighted by Gasteiger charge is -2.13. The third kappa shape index (κ3) is 3.73. The van der Waals surface area contributed by atoms with Gasteiger partial charge in [-0.15, -0.1) is 0 Å². The molecular formula is C12H18ClNO. The van der Waals surface area contributed by atoms with Crippen molar-refractivity contribution in [1.29, 1.82) is 0 Å². The van der Waals surface area contributed by atoms with Crippen LogP contribution in [0.15, 0.2) is 18.2 Å². The van der Waals surface area contributed by atoms with Gasteiger partial charge in [-0.2, -0.15) is 0 Å². The molecule has 0 saturated carbocycles. The maximum atomic E-state index is 5.95. The standard InChI is InChI=1S/C12H18ClNO/c1-3-11(14)8-9-7-10(13)5-6-12(9)15-4-2/h5-7,11H,3-4,8,14H2,1-2H3. The smallest absolute Gasteiger partial charge is 0.122 e. The minimum absolute atomic E-state index is 0.169. The molecule has 0 aliphatic rings. The summed E-state index contributed by atoms with van der Waals surface area (Å²) in [6.45, 7) is 4.71. The van der Waals surface area contributed by atoms with Gasteiger partial charge >= 0.3 is 0 Å². The van der Waals surface area contributed by atoms with E-state index in [1.165, 1.54) is 0 Å². The lowest BCUT2D eigenvalue weighted by atomic mass is 10.0. The first kappa shape index (κ1) is 12.3. The van der Waals surface area contributed by atoms with E-state index in [1.807, 2.05) is 25.1 Å². The van der Waals surface area contributed by atoms with E-state index < -0.39 is 0 Å². The first-order valence-electron chi connectivity index (χ1n) is 5.34. The van der Waals surface area contributed by atoms with Crippen LogP contribution < -0.4 is 10.5 Å². The van der Waals surface area contributed by atoms with Gasteiger partial charge in [-0.3, -0.25) is 0 Å². The van der Waals surface area contributed by atoms with Gasteiger partial charge in [-0.1, -0.05) is 18.5 Å². The van der Waals surface area contributed by atoms with Crippen molar-refractivity contribution < 1.29 is 4.74 Å². The predicted octanol–water partition coefficient (Wildman–Crippen LogP) is 3.02. The molecule has 0 aliphatic carbocycles. The molecule has 0 amide bonds. The van der Waals surface area contributed by atoms with Crippen LogP contribution in [0.25, 0.3) is 0 Å². The number of ether oxygens (including phenoxy) is 1. The molecule has 1 aromatic carbocycles. The van der Waals surface area contributed by atoms with Crippen molar-refractivity contribution in [2.24, 2.45) is 5.73 Å². The van der Waals surface area contributed by atoms with E-state index >= 15 is 0 Å². The summed E-state index contributed by atoms with van der Waals surface area (Å²) in [7, 11) is 0. The molecule has 3 heteroatoms. The van der Waals surface area contributed by atoms with Crippen molar-refractivity contribution in [3.05, 3.63) is 28.8 Å². The van der Waals surface area contributed by atoms with E-state index in [2.05, 4.69) is 6.92 Å². The van der Waals surface area contributed by atoms with Gasteiger partial charge < -0.3 is 10.5 Å². The highest BCUT2D eigenvalue weighted by molar-refractivity contribution is 6.30. The van der Waals surface area contributed by atoms with Gasteiger partial charge in [0.25, 0.3) is 0 Å². The number of hydrogen-bond donors (Lipinski definition) is 1. The highest BCUT2D eigenvalue weighted by Crippen LogP contribution is 2.24. The average Bonchev–Trinajstić information content (AvgIpc) is 2.22. The fourth-order valence-electron chi connectivity index (χ4n) is 1.43. The van der Waals surface area contributed by atoms with Gasteiger partial charge in [0, 0.05) is 11.1 Å². The molecule has 84 valence electrons. The fraction of sp³-hybridized carbons (Fsp3) is 0.500. The quantitative estimate of drug-likeness (QED) is 0.839. The zero-order valence-corrected chi connectivity index (χ0v) is 10.1. The molecule has 0 aromatic heterocycles. The van der Waals surface area contributed by atoms with Crippen molar-refractivity contribution in [3.63, 3.8) is 0 Å². The van der Waals surface area contributed by atoms with Gasteiger partial charge in [0.05, 0.1) is 6.61 Å². The Bertz CT molecular complexity index is 314. The Kier molecular flexibility index (Phi) is 4.92. The Labute approximate surface area is 96.4 Å². The van der Waals surface area contributed by atoms with E-state index in [-0.39, 0.29) is 6.04 Å². The van der Waals surface area contributed by atoms with Crippen LogP contribution in [0.2, 0.25) is 5.02 Å². The summed E-state index contributed by atoms with van der Waals surface area (Å²) in [6, 6.07) is 5.85. The van der Waals surface area contributed by atoms with E-state index in [0.29, 0.717) is 6.61 Å². The second-order valence-electron chi connectivity index (χ2n) is 3.56. The van der Waals surface area contributed by atoms with Crippen molar-refractivity contribution in [2.75, 3.05) is 6.61 Å². The SMILES string of the molecule is CCOc1ccc(Cl)cc1CC(N)CC. The molecule has 1 atom stereocenters. The highest BCUT2D eigenvalue weighted by atomic mass is 35.5. The molecular weight excluding hydrogens is 210 g/mol. The second kappa shape index (κ2) is 5.99. The normalized spacial score (nSPS) is 12.5. The Morgan fingerprint density at radius 2 is 2.13 bits per heavy atom. The van der Waals surface area contributed by atoms with Crippen molar-refractivity contribution in [2.45, 2.75) is 32.7 Å². The average molecular weight is 228 g/mol. The Morgan fingerprint density at radius 1 is 1.40 bits per heavy atom. The summed E-state index contributed by atoms with van der Waals surface area (Å²) < 4.78 is 5.52. The molecule has 15 heavy (non-hydrogen) atoms. The van der Waals surface area contributed by atoms with Crippen LogP contribution in [0.4, 0.5) is 0 Å². The molecule has 0 heterocycles. The van der Waals surface area contributed by atoms with E-state index in [4.69, 9.17) is 22.1 Å². The zero-order valence-electron chi connectivity index (χ0n) is 9.29. The molecule has 2 N–H and O–H groups in total. The van der Waals surface area contributed by atoms with Gasteiger partial charge in [0.2, 0.25) is 0 Å². The van der Waals surface area contributed by atoms with Crippen molar-refractivity contribution >= 4 is 11.6 Å². The minimum atomic E-state index is 0.169. The first-order valence-corrected chi connectivity index (χ1v) is 5.72. The van der Waals surface area contributed by atoms with Crippen LogP contribution in [0.1, 0.15) is 25.8 Å². The number of halogens is 1. The van der Waals surface area contributed by atoms with Gasteiger partial charge in [-0.05, 0) is 43.5 Å². The number of benzene rings is 1. The van der Waals surface area contributed by atoms with Crippen LogP contribution in [0.3, 0.4) is 0 Å². The molecule has 0 bridgehead atoms. The van der Waals surface area contributed by atoms with Gasteiger partial charge in [0.15, 0.2) is 0 Å². The molecule has 0 radical (unpaired) electrons. The van der Waals surface area contributed by atoms with Crippen LogP contribution in [0, 0.1) is 0 Å². The second-order valence-corrected chi connectivity index (χ2v) is 3.99. The Balaban J connectivity index is 2.86. The van der Waals surface area contributed by atoms with E-state index in [9.17, 15) is 0 Å². The van der Waals surface area contributed by atoms with Crippen LogP contribution in [-0.4, -0.2) is 12.6 Å². The lowest BCUT2D eigenvalue weighted by molar-refractivity contribution is 0.335. The van der Waals surface area contributed by atoms with Crippen LogP contribution >= 0.6 is 11.6 Å². The Hall–Kier alpha value is -0.730.